The highest BCUT2D eigenvalue weighted by Gasteiger charge is 2.40. The maximum Gasteiger partial charge on any atom is 0.331 e. The van der Waals surface area contributed by atoms with Crippen LogP contribution in [0.5, 0.6) is 0 Å². The minimum Gasteiger partial charge on any atom is -0.460 e. The van der Waals surface area contributed by atoms with Gasteiger partial charge in [0.2, 0.25) is 16.6 Å². The van der Waals surface area contributed by atoms with E-state index in [0.29, 0.717) is 13.2 Å². The molecule has 0 spiro atoms. The van der Waals surface area contributed by atoms with Crippen LogP contribution in [0.1, 0.15) is 26.7 Å². The summed E-state index contributed by atoms with van der Waals surface area (Å²) >= 11 is 0. The van der Waals surface area contributed by atoms with E-state index in [0.717, 1.165) is 25.0 Å². The van der Waals surface area contributed by atoms with E-state index >= 15 is 0 Å². The Kier molecular flexibility index (Phi) is 15.4. The topological polar surface area (TPSA) is 89.5 Å². The fourth-order valence-corrected chi connectivity index (χ4v) is 19.4. The summed E-state index contributed by atoms with van der Waals surface area (Å²) in [6, 6.07) is 0. The molecule has 0 rings (SSSR count). The van der Waals surface area contributed by atoms with E-state index in [-0.39, 0.29) is 24.7 Å². The second-order valence-electron chi connectivity index (χ2n) is 11.9. The zero-order chi connectivity index (χ0) is 28.2. The van der Waals surface area contributed by atoms with Crippen LogP contribution >= 0.6 is 0 Å². The van der Waals surface area contributed by atoms with Crippen molar-refractivity contribution < 1.29 is 36.8 Å². The Morgan fingerprint density at radius 2 is 0.917 bits per heavy atom. The standard InChI is InChI=1S/C24H52O8Si4/c1-13-17-27-23(35(9,10)31-33(3,4)5)19-29-21(25)15-16-22(26)30-20-24(28-18-14-2)36(11,12)32-34(6,7)8/h15-16,23-24H,13-14,17-20H2,1-12H3/b16-15+. The van der Waals surface area contributed by atoms with Crippen molar-refractivity contribution in [3.63, 3.8) is 0 Å². The maximum absolute atomic E-state index is 12.3. The van der Waals surface area contributed by atoms with Crippen molar-refractivity contribution in [3.8, 4) is 0 Å². The third-order valence-electron chi connectivity index (χ3n) is 4.85. The molecule has 0 heterocycles. The van der Waals surface area contributed by atoms with Crippen molar-refractivity contribution in [2.75, 3.05) is 26.4 Å². The van der Waals surface area contributed by atoms with E-state index in [1.165, 1.54) is 0 Å². The van der Waals surface area contributed by atoms with Crippen molar-refractivity contribution in [1.82, 2.24) is 0 Å². The van der Waals surface area contributed by atoms with Crippen molar-refractivity contribution in [1.29, 1.82) is 0 Å². The smallest absolute Gasteiger partial charge is 0.331 e. The molecular formula is C24H52O8Si4. The highest BCUT2D eigenvalue weighted by atomic mass is 28.4. The lowest BCUT2D eigenvalue weighted by Crippen LogP contribution is -2.54. The van der Waals surface area contributed by atoms with Crippen molar-refractivity contribution >= 4 is 45.2 Å². The average molecular weight is 581 g/mol. The van der Waals surface area contributed by atoms with Gasteiger partial charge in [0.1, 0.15) is 24.7 Å². The van der Waals surface area contributed by atoms with Crippen LogP contribution in [0.3, 0.4) is 0 Å². The van der Waals surface area contributed by atoms with Crippen LogP contribution in [0.25, 0.3) is 0 Å². The predicted molar refractivity (Wildman–Crippen MR) is 155 cm³/mol. The van der Waals surface area contributed by atoms with Gasteiger partial charge in [-0.05, 0) is 78.3 Å². The lowest BCUT2D eigenvalue weighted by atomic mass is 10.5. The van der Waals surface area contributed by atoms with Gasteiger partial charge in [-0.1, -0.05) is 13.8 Å². The molecule has 12 heteroatoms. The number of ether oxygens (including phenoxy) is 4. The molecule has 0 aliphatic heterocycles. The highest BCUT2D eigenvalue weighted by Crippen LogP contribution is 2.22. The Labute approximate surface area is 223 Å². The molecule has 8 nitrogen and oxygen atoms in total. The Bertz CT molecular complexity index is 641. The molecule has 0 N–H and O–H groups in total. The Morgan fingerprint density at radius 1 is 0.611 bits per heavy atom. The lowest BCUT2D eigenvalue weighted by Gasteiger charge is -2.37. The molecule has 0 aliphatic carbocycles. The molecule has 0 fully saturated rings. The molecule has 2 unspecified atom stereocenters. The largest absolute Gasteiger partial charge is 0.460 e. The van der Waals surface area contributed by atoms with Gasteiger partial charge in [-0.3, -0.25) is 0 Å². The first-order chi connectivity index (χ1) is 16.3. The first-order valence-corrected chi connectivity index (χ1v) is 25.8. The summed E-state index contributed by atoms with van der Waals surface area (Å²) in [6.45, 7) is 26.5. The van der Waals surface area contributed by atoms with Crippen LogP contribution in [0.4, 0.5) is 0 Å². The number of carbonyl (C=O) groups is 2. The van der Waals surface area contributed by atoms with E-state index < -0.39 is 45.2 Å². The third-order valence-corrected chi connectivity index (χ3v) is 17.7. The van der Waals surface area contributed by atoms with Gasteiger partial charge < -0.3 is 27.2 Å². The zero-order valence-corrected chi connectivity index (χ0v) is 28.8. The first kappa shape index (κ1) is 35.4. The number of carbonyl (C=O) groups excluding carboxylic acids is 2. The summed E-state index contributed by atoms with van der Waals surface area (Å²) in [5.74, 6) is -1.24. The minimum atomic E-state index is -2.26. The number of esters is 2. The molecule has 0 saturated heterocycles. The van der Waals surface area contributed by atoms with Crippen LogP contribution in [-0.2, 0) is 36.8 Å². The molecule has 0 aliphatic rings. The van der Waals surface area contributed by atoms with Crippen LogP contribution in [0.15, 0.2) is 12.2 Å². The molecular weight excluding hydrogens is 529 g/mol. The van der Waals surface area contributed by atoms with Crippen molar-refractivity contribution in [3.05, 3.63) is 12.2 Å². The fourth-order valence-electron chi connectivity index (χ4n) is 3.68. The van der Waals surface area contributed by atoms with Gasteiger partial charge in [-0.25, -0.2) is 9.59 Å². The Balaban J connectivity index is 5.01. The quantitative estimate of drug-likeness (QED) is 0.121. The van der Waals surface area contributed by atoms with Gasteiger partial charge in [-0.15, -0.1) is 0 Å². The van der Waals surface area contributed by atoms with Crippen LogP contribution < -0.4 is 0 Å². The molecule has 212 valence electrons. The monoisotopic (exact) mass is 580 g/mol. The fraction of sp³-hybridized carbons (Fsp3) is 0.833. The molecule has 0 aromatic heterocycles. The third kappa shape index (κ3) is 16.3. The van der Waals surface area contributed by atoms with Gasteiger partial charge >= 0.3 is 11.9 Å². The summed E-state index contributed by atoms with van der Waals surface area (Å²) in [5, 5.41) is 0. The predicted octanol–water partition coefficient (Wildman–Crippen LogP) is 5.41. The van der Waals surface area contributed by atoms with Gasteiger partial charge in [0.25, 0.3) is 0 Å². The average Bonchev–Trinajstić information content (AvgIpc) is 2.68. The Morgan fingerprint density at radius 3 is 1.17 bits per heavy atom. The minimum absolute atomic E-state index is 0.0860. The zero-order valence-electron chi connectivity index (χ0n) is 24.8. The summed E-state index contributed by atoms with van der Waals surface area (Å²) in [6.07, 6.45) is 3.91. The Hall–Kier alpha value is -0.612. The van der Waals surface area contributed by atoms with Crippen molar-refractivity contribution in [2.45, 2.75) is 104 Å². The molecule has 36 heavy (non-hydrogen) atoms. The van der Waals surface area contributed by atoms with Crippen LogP contribution in [-0.4, -0.2) is 83.1 Å². The molecule has 0 saturated carbocycles. The van der Waals surface area contributed by atoms with Crippen molar-refractivity contribution in [2.24, 2.45) is 0 Å². The second kappa shape index (κ2) is 15.7. The number of rotatable bonds is 18. The molecule has 2 atom stereocenters. The van der Waals surface area contributed by atoms with E-state index in [9.17, 15) is 9.59 Å². The molecule has 0 amide bonds. The van der Waals surface area contributed by atoms with Crippen LogP contribution in [0, 0.1) is 0 Å². The van der Waals surface area contributed by atoms with Crippen LogP contribution in [0.2, 0.25) is 65.5 Å². The lowest BCUT2D eigenvalue weighted by molar-refractivity contribution is -0.143. The molecule has 0 aromatic carbocycles. The normalized spacial score (nSPS) is 15.1. The van der Waals surface area contributed by atoms with E-state index in [1.807, 2.05) is 13.8 Å². The maximum atomic E-state index is 12.3. The molecule has 0 aromatic rings. The summed E-state index contributed by atoms with van der Waals surface area (Å²) in [7, 11) is -8.09. The van der Waals surface area contributed by atoms with Gasteiger partial charge in [0, 0.05) is 25.4 Å². The molecule has 0 radical (unpaired) electrons. The number of hydrogen-bond acceptors (Lipinski definition) is 8. The first-order valence-electron chi connectivity index (χ1n) is 13.0. The van der Waals surface area contributed by atoms with Gasteiger partial charge in [-0.2, -0.15) is 0 Å². The van der Waals surface area contributed by atoms with E-state index in [2.05, 4.69) is 65.5 Å². The highest BCUT2D eigenvalue weighted by molar-refractivity contribution is 6.85. The van der Waals surface area contributed by atoms with Gasteiger partial charge in [0.15, 0.2) is 16.6 Å². The number of hydrogen-bond donors (Lipinski definition) is 0. The van der Waals surface area contributed by atoms with E-state index in [4.69, 9.17) is 27.2 Å². The van der Waals surface area contributed by atoms with E-state index in [1.54, 1.807) is 0 Å². The summed E-state index contributed by atoms with van der Waals surface area (Å²) in [5.41, 5.74) is -0.577. The van der Waals surface area contributed by atoms with Gasteiger partial charge in [0.05, 0.1) is 0 Å². The summed E-state index contributed by atoms with van der Waals surface area (Å²) in [4.78, 5) is 24.6. The molecule has 0 bridgehead atoms. The summed E-state index contributed by atoms with van der Waals surface area (Å²) < 4.78 is 35.6. The SMILES string of the molecule is CCCOC(COC(=O)/C=C/C(=O)OCC(OCCC)[Si](C)(C)O[Si](C)(C)C)[Si](C)(C)O[Si](C)(C)C. The second-order valence-corrected chi connectivity index (χ2v) is 29.7.